The number of nitrogens with one attached hydrogen (secondary N) is 2. The number of hydrogen-bond acceptors (Lipinski definition) is 17. The van der Waals surface area contributed by atoms with Gasteiger partial charge in [0, 0.05) is 130 Å². The molecule has 8 atom stereocenters. The number of hydrazine groups is 1. The number of fused-ring (bicyclic) bond motifs is 4. The molecular weight excluding hydrogens is 1040 g/mol. The Morgan fingerprint density at radius 3 is 2.52 bits per heavy atom. The first-order chi connectivity index (χ1) is 38.8. The summed E-state index contributed by atoms with van der Waals surface area (Å²) >= 11 is 1.50. The third-order valence-corrected chi connectivity index (χ3v) is 19.9. The van der Waals surface area contributed by atoms with Crippen molar-refractivity contribution in [3.8, 4) is 22.5 Å². The Balaban J connectivity index is 0.952. The van der Waals surface area contributed by atoms with Crippen LogP contribution < -0.4 is 15.6 Å². The molecule has 428 valence electrons. The Labute approximate surface area is 472 Å². The van der Waals surface area contributed by atoms with Crippen LogP contribution in [0.15, 0.2) is 52.9 Å². The van der Waals surface area contributed by atoms with Crippen molar-refractivity contribution < 1.29 is 42.5 Å². The van der Waals surface area contributed by atoms with Crippen LogP contribution in [0, 0.1) is 23.2 Å². The van der Waals surface area contributed by atoms with Crippen molar-refractivity contribution in [1.82, 2.24) is 45.1 Å². The number of carbonyl (C=O) groups is 3. The molecule has 0 radical (unpaired) electrons. The number of anilines is 1. The van der Waals surface area contributed by atoms with Gasteiger partial charge >= 0.3 is 5.97 Å². The molecule has 10 heterocycles. The summed E-state index contributed by atoms with van der Waals surface area (Å²) in [6.07, 6.45) is 11.6. The lowest BCUT2D eigenvalue weighted by molar-refractivity contribution is -0.172. The van der Waals surface area contributed by atoms with Gasteiger partial charge < -0.3 is 42.9 Å². The molecule has 20 heteroatoms. The molecule has 3 aliphatic carbocycles. The predicted octanol–water partition coefficient (Wildman–Crippen LogP) is 6.92. The van der Waals surface area contributed by atoms with Crippen LogP contribution in [0.1, 0.15) is 113 Å². The van der Waals surface area contributed by atoms with E-state index in [1.165, 1.54) is 30.6 Å². The van der Waals surface area contributed by atoms with Gasteiger partial charge in [-0.2, -0.15) is 0 Å². The highest BCUT2D eigenvalue weighted by atomic mass is 32.1. The fraction of sp³-hybridized carbons (Fsp3) is 0.633. The summed E-state index contributed by atoms with van der Waals surface area (Å²) in [6.45, 7) is 16.1. The molecule has 4 aromatic heterocycles. The number of esters is 1. The maximum Gasteiger partial charge on any atom is 0.325 e. The summed E-state index contributed by atoms with van der Waals surface area (Å²) in [4.78, 5) is 67.7. The lowest BCUT2D eigenvalue weighted by Crippen LogP contribution is -2.72. The predicted molar refractivity (Wildman–Crippen MR) is 301 cm³/mol. The molecular formula is C60H78N10O9S. The molecule has 3 saturated carbocycles. The zero-order chi connectivity index (χ0) is 55.0. The Hall–Kier alpha value is -5.32. The zero-order valence-corrected chi connectivity index (χ0v) is 48.0. The normalized spacial score (nSPS) is 29.8. The van der Waals surface area contributed by atoms with Crippen molar-refractivity contribution >= 4 is 45.7 Å². The van der Waals surface area contributed by atoms with Crippen molar-refractivity contribution in [3.63, 3.8) is 0 Å². The topological polar surface area (TPSA) is 191 Å². The largest absolute Gasteiger partial charge is 0.464 e. The highest BCUT2D eigenvalue weighted by molar-refractivity contribution is 7.10. The second-order valence-corrected chi connectivity index (χ2v) is 25.7. The Morgan fingerprint density at radius 1 is 0.975 bits per heavy atom. The second kappa shape index (κ2) is 22.1. The molecule has 5 saturated heterocycles. The number of cyclic esters (lactones) is 1. The van der Waals surface area contributed by atoms with Gasteiger partial charge in [-0.1, -0.05) is 26.8 Å². The third-order valence-electron chi connectivity index (χ3n) is 19.0. The van der Waals surface area contributed by atoms with E-state index in [9.17, 15) is 9.59 Å². The van der Waals surface area contributed by atoms with E-state index in [0.717, 1.165) is 108 Å². The number of pyridine rings is 1. The lowest BCUT2D eigenvalue weighted by atomic mass is 9.73. The number of hydrogen-bond donors (Lipinski definition) is 2. The number of nitrogens with zero attached hydrogens (tertiary/aromatic N) is 8. The lowest BCUT2D eigenvalue weighted by Gasteiger charge is -2.53. The van der Waals surface area contributed by atoms with E-state index < -0.39 is 35.4 Å². The second-order valence-electron chi connectivity index (χ2n) is 24.8. The minimum absolute atomic E-state index is 0.00352. The van der Waals surface area contributed by atoms with Gasteiger partial charge in [0.25, 0.3) is 5.91 Å². The maximum absolute atomic E-state index is 15.6. The van der Waals surface area contributed by atoms with E-state index in [2.05, 4.69) is 85.4 Å². The molecule has 2 amide bonds. The molecule has 14 rings (SSSR count). The molecule has 19 nitrogen and oxygen atoms in total. The molecule has 8 fully saturated rings. The van der Waals surface area contributed by atoms with Crippen molar-refractivity contribution in [1.29, 1.82) is 0 Å². The first kappa shape index (κ1) is 54.0. The number of thiazole rings is 1. The van der Waals surface area contributed by atoms with Crippen LogP contribution >= 0.6 is 11.3 Å². The van der Waals surface area contributed by atoms with Gasteiger partial charge in [0.2, 0.25) is 5.91 Å². The molecule has 1 aromatic carbocycles. The van der Waals surface area contributed by atoms with Gasteiger partial charge in [-0.3, -0.25) is 34.2 Å². The van der Waals surface area contributed by atoms with E-state index >= 15 is 4.79 Å². The smallest absolute Gasteiger partial charge is 0.325 e. The summed E-state index contributed by atoms with van der Waals surface area (Å²) in [5.74, 6) is -1.49. The van der Waals surface area contributed by atoms with Crippen LogP contribution in [0.2, 0.25) is 0 Å². The molecule has 0 spiro atoms. The van der Waals surface area contributed by atoms with E-state index in [1.54, 1.807) is 25.5 Å². The van der Waals surface area contributed by atoms with Crippen LogP contribution in [0.25, 0.3) is 33.4 Å². The van der Waals surface area contributed by atoms with Crippen molar-refractivity contribution in [2.75, 3.05) is 84.8 Å². The number of amides is 2. The first-order valence-corrected chi connectivity index (χ1v) is 30.3. The van der Waals surface area contributed by atoms with Gasteiger partial charge in [-0.25, -0.2) is 15.4 Å². The summed E-state index contributed by atoms with van der Waals surface area (Å²) < 4.78 is 38.7. The van der Waals surface area contributed by atoms with Crippen LogP contribution in [0.4, 0.5) is 5.69 Å². The van der Waals surface area contributed by atoms with Gasteiger partial charge in [0.1, 0.15) is 23.4 Å². The van der Waals surface area contributed by atoms with Crippen molar-refractivity contribution in [2.24, 2.45) is 23.2 Å². The standard InChI is InChI=1S/C60H78N10O9S/c1-34-49(46-30-77-33-62-46)50(34)56(71)64-53-55(68-14-11-42(29-68)75-6)57-63-47(31-80-57)36-7-10-48-43(25-36)45(27-60(3,4)32-79-59(73)52-37-23-39(24-37)70(65-52)58(53)72)54(69(48)19-22-78-41-12-20-76-21-13-41)44-26-40(28-61-51(44)35(2)74-5)67-17-15-66(16-18-67)38-8-9-38/h7,10,25-26,28,30-31,33-35,37-39,41-42,49-50,52-53,55,65H,8-9,11-24,27,29,32H2,1-6H3,(H,64,71)/t34-,35-,37?,39?,42+,49-,50+,52-,53-,55-/m0/s1. The van der Waals surface area contributed by atoms with Gasteiger partial charge in [0.15, 0.2) is 6.39 Å². The average molecular weight is 1120 g/mol. The highest BCUT2D eigenvalue weighted by Gasteiger charge is 2.57. The quantitative estimate of drug-likeness (QED) is 0.109. The van der Waals surface area contributed by atoms with Gasteiger partial charge in [-0.15, -0.1) is 11.3 Å². The Bertz CT molecular complexity index is 3070. The van der Waals surface area contributed by atoms with Crippen LogP contribution in [0.5, 0.6) is 0 Å². The molecule has 0 unspecified atom stereocenters. The number of aromatic nitrogens is 4. The van der Waals surface area contributed by atoms with E-state index in [-0.39, 0.29) is 60.5 Å². The highest BCUT2D eigenvalue weighted by Crippen LogP contribution is 2.54. The summed E-state index contributed by atoms with van der Waals surface area (Å²) in [5.41, 5.74) is 11.4. The number of methoxy groups -OCH3 is 2. The third kappa shape index (κ3) is 10.4. The average Bonchev–Trinajstić information content (AvgIpc) is 4.25. The maximum atomic E-state index is 15.6. The fourth-order valence-corrected chi connectivity index (χ4v) is 15.0. The molecule has 8 bridgehead atoms. The molecule has 2 N–H and O–H groups in total. The summed E-state index contributed by atoms with van der Waals surface area (Å²) in [7, 11) is 3.47. The van der Waals surface area contributed by atoms with Gasteiger partial charge in [-0.05, 0) is 93.9 Å². The molecule has 80 heavy (non-hydrogen) atoms. The monoisotopic (exact) mass is 1110 g/mol. The van der Waals surface area contributed by atoms with Crippen LogP contribution in [-0.2, 0) is 51.0 Å². The number of oxazole rings is 1. The number of ether oxygens (including phenoxy) is 5. The zero-order valence-electron chi connectivity index (χ0n) is 47.1. The Kier molecular flexibility index (Phi) is 14.9. The van der Waals surface area contributed by atoms with Crippen molar-refractivity contribution in [2.45, 2.75) is 140 Å². The van der Waals surface area contributed by atoms with E-state index in [0.29, 0.717) is 63.7 Å². The fourth-order valence-electron chi connectivity index (χ4n) is 14.0. The molecule has 9 aliphatic rings. The van der Waals surface area contributed by atoms with Crippen LogP contribution in [0.3, 0.4) is 0 Å². The van der Waals surface area contributed by atoms with Crippen LogP contribution in [-0.4, -0.2) is 168 Å². The number of carbonyl (C=O) groups excluding carboxylic acids is 3. The van der Waals surface area contributed by atoms with E-state index in [1.807, 2.05) is 13.1 Å². The summed E-state index contributed by atoms with van der Waals surface area (Å²) in [5, 5.41) is 8.81. The minimum Gasteiger partial charge on any atom is -0.464 e. The SMILES string of the molecule is CO[C@@H]1CCN([C@@H]2c3nc(cs3)-c3ccc4c(c3)c(c(-c3cc(N5CCN(C6CC6)CC5)cnc3[C@H](C)OC)n4CCOC3CCOCC3)CC(C)(C)COC(=O)[C@H]3NN(C(=O)[C@H]2NC(=O)[C@@H]2[C@@H](C)[C@H]2c2cocn2)C2CC3C2)C1. The first-order valence-electron chi connectivity index (χ1n) is 29.4. The number of benzene rings is 1. The van der Waals surface area contributed by atoms with Crippen molar-refractivity contribution in [3.05, 3.63) is 70.5 Å². The van der Waals surface area contributed by atoms with Gasteiger partial charge in [0.05, 0.1) is 72.2 Å². The minimum atomic E-state index is -1.06. The number of piperazine rings is 1. The Morgan fingerprint density at radius 2 is 1.79 bits per heavy atom. The summed E-state index contributed by atoms with van der Waals surface area (Å²) in [6, 6.07) is 7.07. The van der Waals surface area contributed by atoms with E-state index in [4.69, 9.17) is 38.1 Å². The molecule has 5 aromatic rings. The molecule has 6 aliphatic heterocycles. The number of rotatable bonds is 14. The number of likely N-dealkylation sites (tertiary alicyclic amines) is 1.